The average molecular weight is 390 g/mol. The van der Waals surface area contributed by atoms with Crippen molar-refractivity contribution in [2.45, 2.75) is 55.1 Å². The third-order valence-corrected chi connectivity index (χ3v) is 2.81. The summed E-state index contributed by atoms with van der Waals surface area (Å²) < 4.78 is 164. The maximum absolute atomic E-state index is 13.1. The first-order valence-electron chi connectivity index (χ1n) is 5.70. The number of carbonyl (C=O) groups is 1. The van der Waals surface area contributed by atoms with E-state index in [4.69, 9.17) is 0 Å². The Balaban J connectivity index is 5.96. The lowest BCUT2D eigenvalue weighted by Gasteiger charge is -2.39. The van der Waals surface area contributed by atoms with Crippen molar-refractivity contribution in [2.75, 3.05) is 0 Å². The van der Waals surface area contributed by atoms with Crippen molar-refractivity contribution in [1.29, 1.82) is 0 Å². The minimum atomic E-state index is -7.88. The molecule has 0 saturated carbocycles. The molecule has 144 valence electrons. The Labute approximate surface area is 124 Å². The molecule has 0 heterocycles. The van der Waals surface area contributed by atoms with Gasteiger partial charge in [0.05, 0.1) is 0 Å². The summed E-state index contributed by atoms with van der Waals surface area (Å²) in [6.07, 6.45) is -12.0. The second kappa shape index (κ2) is 6.24. The average Bonchev–Trinajstić information content (AvgIpc) is 2.36. The number of aldehydes is 1. The summed E-state index contributed by atoms with van der Waals surface area (Å²) in [5, 5.41) is 0. The van der Waals surface area contributed by atoms with Gasteiger partial charge in [-0.05, 0) is 6.42 Å². The minimum Gasteiger partial charge on any atom is -0.303 e. The van der Waals surface area contributed by atoms with Crippen LogP contribution in [0.4, 0.5) is 57.1 Å². The Morgan fingerprint density at radius 2 is 0.958 bits per heavy atom. The van der Waals surface area contributed by atoms with Crippen LogP contribution in [0.15, 0.2) is 0 Å². The van der Waals surface area contributed by atoms with Gasteiger partial charge in [-0.3, -0.25) is 0 Å². The van der Waals surface area contributed by atoms with Crippen LogP contribution in [0, 0.1) is 0 Å². The molecule has 0 aromatic rings. The predicted octanol–water partition coefficient (Wildman–Crippen LogP) is 5.09. The van der Waals surface area contributed by atoms with Gasteiger partial charge in [0, 0.05) is 12.8 Å². The van der Waals surface area contributed by atoms with Gasteiger partial charge in [0.1, 0.15) is 6.29 Å². The number of hydrogen-bond acceptors (Lipinski definition) is 1. The molecule has 0 bridgehead atoms. The van der Waals surface area contributed by atoms with Gasteiger partial charge < -0.3 is 4.79 Å². The lowest BCUT2D eigenvalue weighted by Crippen LogP contribution is -2.70. The largest absolute Gasteiger partial charge is 0.460 e. The smallest absolute Gasteiger partial charge is 0.303 e. The number of halogens is 13. The van der Waals surface area contributed by atoms with E-state index in [-0.39, 0.29) is 6.29 Å². The molecule has 0 spiro atoms. The van der Waals surface area contributed by atoms with Crippen LogP contribution in [-0.4, -0.2) is 42.1 Å². The lowest BCUT2D eigenvalue weighted by atomic mass is 9.92. The van der Waals surface area contributed by atoms with E-state index in [0.717, 1.165) is 0 Å². The van der Waals surface area contributed by atoms with Crippen LogP contribution < -0.4 is 0 Å². The molecule has 0 saturated heterocycles. The fourth-order valence-electron chi connectivity index (χ4n) is 1.37. The SMILES string of the molecule is O=CCCCC(F)(F)C(F)(F)C(F)(F)C(F)(F)C(F)(F)C(F)(F)F. The van der Waals surface area contributed by atoms with Crippen LogP contribution in [0.3, 0.4) is 0 Å². The Kier molecular flexibility index (Phi) is 5.92. The van der Waals surface area contributed by atoms with Crippen LogP contribution in [-0.2, 0) is 4.79 Å². The summed E-state index contributed by atoms with van der Waals surface area (Å²) in [6, 6.07) is 0. The molecule has 0 aromatic heterocycles. The standard InChI is InChI=1S/C10H7F13O/c11-5(12,3-1-2-4-24)6(13,14)7(15,16)8(17,18)9(19,20)10(21,22)23/h4H,1-3H2. The molecular weight excluding hydrogens is 383 g/mol. The van der Waals surface area contributed by atoms with Gasteiger partial charge in [-0.25, -0.2) is 0 Å². The number of hydrogen-bond donors (Lipinski definition) is 0. The summed E-state index contributed by atoms with van der Waals surface area (Å²) in [5.74, 6) is -36.7. The summed E-state index contributed by atoms with van der Waals surface area (Å²) >= 11 is 0. The zero-order valence-electron chi connectivity index (χ0n) is 11.0. The Morgan fingerprint density at radius 3 is 1.29 bits per heavy atom. The highest BCUT2D eigenvalue weighted by molar-refractivity contribution is 5.49. The van der Waals surface area contributed by atoms with Gasteiger partial charge in [0.15, 0.2) is 0 Å². The summed E-state index contributed by atoms with van der Waals surface area (Å²) in [7, 11) is 0. The monoisotopic (exact) mass is 390 g/mol. The van der Waals surface area contributed by atoms with Crippen molar-refractivity contribution in [3.8, 4) is 0 Å². The molecule has 0 unspecified atom stereocenters. The molecule has 0 aliphatic heterocycles. The van der Waals surface area contributed by atoms with E-state index in [1.807, 2.05) is 0 Å². The van der Waals surface area contributed by atoms with Gasteiger partial charge in [0.2, 0.25) is 0 Å². The van der Waals surface area contributed by atoms with E-state index in [2.05, 4.69) is 0 Å². The molecule has 0 radical (unpaired) electrons. The van der Waals surface area contributed by atoms with E-state index in [9.17, 15) is 61.9 Å². The topological polar surface area (TPSA) is 17.1 Å². The predicted molar refractivity (Wildman–Crippen MR) is 50.7 cm³/mol. The fourth-order valence-corrected chi connectivity index (χ4v) is 1.37. The normalized spacial score (nSPS) is 15.5. The van der Waals surface area contributed by atoms with Gasteiger partial charge in [0.25, 0.3) is 0 Å². The van der Waals surface area contributed by atoms with Crippen LogP contribution >= 0.6 is 0 Å². The molecule has 0 aromatic carbocycles. The first-order valence-corrected chi connectivity index (χ1v) is 5.70. The van der Waals surface area contributed by atoms with E-state index in [1.54, 1.807) is 0 Å². The molecule has 14 heteroatoms. The summed E-state index contributed by atoms with van der Waals surface area (Å²) in [4.78, 5) is 9.81. The molecule has 0 rings (SSSR count). The third-order valence-electron chi connectivity index (χ3n) is 2.81. The zero-order valence-corrected chi connectivity index (χ0v) is 11.0. The highest BCUT2D eigenvalue weighted by Gasteiger charge is 2.90. The van der Waals surface area contributed by atoms with Crippen molar-refractivity contribution in [2.24, 2.45) is 0 Å². The second-order valence-corrected chi connectivity index (χ2v) is 4.56. The van der Waals surface area contributed by atoms with Gasteiger partial charge in [-0.15, -0.1) is 0 Å². The van der Waals surface area contributed by atoms with Crippen LogP contribution in [0.25, 0.3) is 0 Å². The Bertz CT molecular complexity index is 450. The molecule has 0 N–H and O–H groups in total. The molecule has 0 fully saturated rings. The highest BCUT2D eigenvalue weighted by Crippen LogP contribution is 2.60. The van der Waals surface area contributed by atoms with Gasteiger partial charge in [-0.1, -0.05) is 0 Å². The minimum absolute atomic E-state index is 0.126. The van der Waals surface area contributed by atoms with Crippen molar-refractivity contribution < 1.29 is 61.9 Å². The molecule has 0 aliphatic carbocycles. The maximum Gasteiger partial charge on any atom is 0.460 e. The van der Waals surface area contributed by atoms with Gasteiger partial charge >= 0.3 is 35.8 Å². The van der Waals surface area contributed by atoms with Crippen LogP contribution in [0.2, 0.25) is 0 Å². The molecule has 0 amide bonds. The van der Waals surface area contributed by atoms with Gasteiger partial charge in [-0.2, -0.15) is 57.1 Å². The van der Waals surface area contributed by atoms with E-state index >= 15 is 0 Å². The molecule has 0 aliphatic rings. The first kappa shape index (κ1) is 22.8. The van der Waals surface area contributed by atoms with Crippen molar-refractivity contribution in [3.63, 3.8) is 0 Å². The maximum atomic E-state index is 13.1. The Morgan fingerprint density at radius 1 is 0.583 bits per heavy atom. The number of rotatable bonds is 8. The van der Waals surface area contributed by atoms with E-state index in [1.165, 1.54) is 0 Å². The second-order valence-electron chi connectivity index (χ2n) is 4.56. The van der Waals surface area contributed by atoms with Crippen molar-refractivity contribution >= 4 is 6.29 Å². The third kappa shape index (κ3) is 3.27. The molecule has 1 nitrogen and oxygen atoms in total. The summed E-state index contributed by atoms with van der Waals surface area (Å²) in [5.41, 5.74) is 0. The lowest BCUT2D eigenvalue weighted by molar-refractivity contribution is -0.440. The van der Waals surface area contributed by atoms with Crippen molar-refractivity contribution in [3.05, 3.63) is 0 Å². The van der Waals surface area contributed by atoms with E-state index in [0.29, 0.717) is 0 Å². The molecular formula is C10H7F13O. The fraction of sp³-hybridized carbons (Fsp3) is 0.900. The summed E-state index contributed by atoms with van der Waals surface area (Å²) in [6.45, 7) is 0. The first-order chi connectivity index (χ1) is 10.3. The van der Waals surface area contributed by atoms with E-state index < -0.39 is 55.1 Å². The van der Waals surface area contributed by atoms with Crippen LogP contribution in [0.1, 0.15) is 19.3 Å². The van der Waals surface area contributed by atoms with Crippen LogP contribution in [0.5, 0.6) is 0 Å². The quantitative estimate of drug-likeness (QED) is 0.321. The number of alkyl halides is 13. The zero-order chi connectivity index (χ0) is 19.8. The Hall–Kier alpha value is -1.24. The molecule has 0 atom stereocenters. The number of carbonyl (C=O) groups excluding carboxylic acids is 1. The molecule has 24 heavy (non-hydrogen) atoms. The van der Waals surface area contributed by atoms with Crippen molar-refractivity contribution in [1.82, 2.24) is 0 Å². The highest BCUT2D eigenvalue weighted by atomic mass is 19.4. The number of unbranched alkanes of at least 4 members (excludes halogenated alkanes) is 1.